The van der Waals surface area contributed by atoms with Crippen LogP contribution in [0.25, 0.3) is 44.7 Å². The third kappa shape index (κ3) is 3.02. The van der Waals surface area contributed by atoms with E-state index in [4.69, 9.17) is 4.42 Å². The second kappa shape index (κ2) is 6.58. The zero-order valence-corrected chi connectivity index (χ0v) is 14.7. The van der Waals surface area contributed by atoms with Crippen LogP contribution in [0.2, 0.25) is 0 Å². The fraction of sp³-hybridized carbons (Fsp3) is 0. The first-order chi connectivity index (χ1) is 13.4. The summed E-state index contributed by atoms with van der Waals surface area (Å²) < 4.78 is 6.09. The Bertz CT molecular complexity index is 1210. The second-order valence-electron chi connectivity index (χ2n) is 6.53. The minimum absolute atomic E-state index is 0.851. The molecule has 2 aromatic heterocycles. The van der Waals surface area contributed by atoms with Gasteiger partial charge in [-0.25, -0.2) is 0 Å². The zero-order valence-electron chi connectivity index (χ0n) is 14.7. The lowest BCUT2D eigenvalue weighted by atomic mass is 10.0. The molecule has 0 N–H and O–H groups in total. The lowest BCUT2D eigenvalue weighted by molar-refractivity contribution is 0.631. The standard InChI is InChI=1S/C25H17NO/c1-3-8-18(9-4-1)20-12-7-13-21(14-20)23-16-25-22(17-26-23)15-24(27-25)19-10-5-2-6-11-19/h1-17H. The summed E-state index contributed by atoms with van der Waals surface area (Å²) in [5.74, 6) is 0.864. The number of hydrogen-bond donors (Lipinski definition) is 0. The first-order valence-corrected chi connectivity index (χ1v) is 8.98. The third-order valence-electron chi connectivity index (χ3n) is 4.73. The Kier molecular flexibility index (Phi) is 3.80. The normalized spacial score (nSPS) is 11.0. The van der Waals surface area contributed by atoms with Crippen molar-refractivity contribution in [3.8, 4) is 33.7 Å². The van der Waals surface area contributed by atoms with Crippen molar-refractivity contribution in [3.63, 3.8) is 0 Å². The number of nitrogens with zero attached hydrogens (tertiary/aromatic N) is 1. The fourth-order valence-corrected chi connectivity index (χ4v) is 3.32. The van der Waals surface area contributed by atoms with Gasteiger partial charge in [0, 0.05) is 28.8 Å². The van der Waals surface area contributed by atoms with Gasteiger partial charge in [-0.1, -0.05) is 78.9 Å². The Hall–Kier alpha value is -3.65. The Balaban J connectivity index is 1.56. The minimum atomic E-state index is 0.851. The molecule has 0 fully saturated rings. The molecule has 5 aromatic rings. The van der Waals surface area contributed by atoms with Crippen LogP contribution in [0.5, 0.6) is 0 Å². The number of hydrogen-bond acceptors (Lipinski definition) is 2. The van der Waals surface area contributed by atoms with Crippen molar-refractivity contribution in [1.82, 2.24) is 4.98 Å². The van der Waals surface area contributed by atoms with Crippen molar-refractivity contribution in [1.29, 1.82) is 0 Å². The predicted octanol–water partition coefficient (Wildman–Crippen LogP) is 6.83. The molecule has 128 valence electrons. The van der Waals surface area contributed by atoms with Crippen LogP contribution in [-0.4, -0.2) is 4.98 Å². The number of fused-ring (bicyclic) bond motifs is 1. The predicted molar refractivity (Wildman–Crippen MR) is 110 cm³/mol. The number of aromatic nitrogens is 1. The molecular weight excluding hydrogens is 330 g/mol. The molecule has 2 heterocycles. The molecule has 0 saturated carbocycles. The average Bonchev–Trinajstić information content (AvgIpc) is 3.19. The van der Waals surface area contributed by atoms with Gasteiger partial charge in [0.15, 0.2) is 0 Å². The SMILES string of the molecule is c1ccc(-c2cccc(-c3cc4oc(-c5ccccc5)cc4cn3)c2)cc1. The monoisotopic (exact) mass is 347 g/mol. The number of benzene rings is 3. The maximum absolute atomic E-state index is 6.09. The summed E-state index contributed by atoms with van der Waals surface area (Å²) in [5, 5.41) is 1.01. The van der Waals surface area contributed by atoms with E-state index in [1.165, 1.54) is 11.1 Å². The molecule has 0 radical (unpaired) electrons. The molecule has 0 aliphatic heterocycles. The molecule has 0 aliphatic carbocycles. The summed E-state index contributed by atoms with van der Waals surface area (Å²) >= 11 is 0. The number of pyridine rings is 1. The van der Waals surface area contributed by atoms with Crippen LogP contribution in [0.4, 0.5) is 0 Å². The topological polar surface area (TPSA) is 26.0 Å². The number of furan rings is 1. The molecule has 0 amide bonds. The van der Waals surface area contributed by atoms with Gasteiger partial charge in [-0.05, 0) is 23.3 Å². The lowest BCUT2D eigenvalue weighted by Gasteiger charge is -2.05. The summed E-state index contributed by atoms with van der Waals surface area (Å²) in [7, 11) is 0. The fourth-order valence-electron chi connectivity index (χ4n) is 3.32. The van der Waals surface area contributed by atoms with E-state index in [1.807, 2.05) is 42.6 Å². The zero-order chi connectivity index (χ0) is 18.1. The van der Waals surface area contributed by atoms with Gasteiger partial charge in [0.05, 0.1) is 5.69 Å². The molecule has 3 aromatic carbocycles. The van der Waals surface area contributed by atoms with Crippen LogP contribution in [0.15, 0.2) is 108 Å². The smallest absolute Gasteiger partial charge is 0.138 e. The van der Waals surface area contributed by atoms with Crippen molar-refractivity contribution in [3.05, 3.63) is 103 Å². The van der Waals surface area contributed by atoms with Crippen molar-refractivity contribution >= 4 is 11.0 Å². The van der Waals surface area contributed by atoms with Gasteiger partial charge in [0.25, 0.3) is 0 Å². The highest BCUT2D eigenvalue weighted by atomic mass is 16.3. The molecule has 0 saturated heterocycles. The van der Waals surface area contributed by atoms with Crippen LogP contribution >= 0.6 is 0 Å². The summed E-state index contributed by atoms with van der Waals surface area (Å²) in [5.41, 5.74) is 6.29. The largest absolute Gasteiger partial charge is 0.456 e. The van der Waals surface area contributed by atoms with Gasteiger partial charge in [-0.2, -0.15) is 0 Å². The highest BCUT2D eigenvalue weighted by molar-refractivity contribution is 5.85. The highest BCUT2D eigenvalue weighted by Crippen LogP contribution is 2.31. The van der Waals surface area contributed by atoms with E-state index >= 15 is 0 Å². The van der Waals surface area contributed by atoms with Crippen molar-refractivity contribution in [2.75, 3.05) is 0 Å². The average molecular weight is 347 g/mol. The summed E-state index contributed by atoms with van der Waals surface area (Å²) in [4.78, 5) is 4.66. The van der Waals surface area contributed by atoms with Crippen LogP contribution in [-0.2, 0) is 0 Å². The van der Waals surface area contributed by atoms with Crippen LogP contribution in [0, 0.1) is 0 Å². The Labute approximate surface area is 157 Å². The van der Waals surface area contributed by atoms with E-state index in [2.05, 4.69) is 65.6 Å². The van der Waals surface area contributed by atoms with Crippen molar-refractivity contribution in [2.45, 2.75) is 0 Å². The van der Waals surface area contributed by atoms with Gasteiger partial charge >= 0.3 is 0 Å². The van der Waals surface area contributed by atoms with Crippen molar-refractivity contribution in [2.24, 2.45) is 0 Å². The minimum Gasteiger partial charge on any atom is -0.456 e. The van der Waals surface area contributed by atoms with E-state index in [0.717, 1.165) is 33.6 Å². The number of rotatable bonds is 3. The van der Waals surface area contributed by atoms with Crippen LogP contribution in [0.3, 0.4) is 0 Å². The summed E-state index contributed by atoms with van der Waals surface area (Å²) in [6.07, 6.45) is 1.88. The van der Waals surface area contributed by atoms with Crippen molar-refractivity contribution < 1.29 is 4.42 Å². The van der Waals surface area contributed by atoms with E-state index in [1.54, 1.807) is 0 Å². The van der Waals surface area contributed by atoms with E-state index < -0.39 is 0 Å². The first kappa shape index (κ1) is 15.6. The molecule has 0 unspecified atom stereocenters. The second-order valence-corrected chi connectivity index (χ2v) is 6.53. The van der Waals surface area contributed by atoms with Crippen LogP contribution < -0.4 is 0 Å². The molecule has 0 bridgehead atoms. The maximum Gasteiger partial charge on any atom is 0.138 e. The van der Waals surface area contributed by atoms with E-state index in [-0.39, 0.29) is 0 Å². The molecule has 27 heavy (non-hydrogen) atoms. The van der Waals surface area contributed by atoms with Crippen LogP contribution in [0.1, 0.15) is 0 Å². The van der Waals surface area contributed by atoms with Gasteiger partial charge < -0.3 is 4.42 Å². The highest BCUT2D eigenvalue weighted by Gasteiger charge is 2.09. The molecule has 5 rings (SSSR count). The first-order valence-electron chi connectivity index (χ1n) is 8.98. The van der Waals surface area contributed by atoms with Gasteiger partial charge in [-0.15, -0.1) is 0 Å². The van der Waals surface area contributed by atoms with E-state index in [0.29, 0.717) is 0 Å². The Morgan fingerprint density at radius 2 is 1.22 bits per heavy atom. The van der Waals surface area contributed by atoms with Gasteiger partial charge in [0.1, 0.15) is 11.3 Å². The lowest BCUT2D eigenvalue weighted by Crippen LogP contribution is -1.84. The maximum atomic E-state index is 6.09. The summed E-state index contributed by atoms with van der Waals surface area (Å²) in [6.45, 7) is 0. The third-order valence-corrected chi connectivity index (χ3v) is 4.73. The van der Waals surface area contributed by atoms with E-state index in [9.17, 15) is 0 Å². The quantitative estimate of drug-likeness (QED) is 0.357. The Morgan fingerprint density at radius 3 is 2.00 bits per heavy atom. The summed E-state index contributed by atoms with van der Waals surface area (Å²) in [6, 6.07) is 33.0. The van der Waals surface area contributed by atoms with Gasteiger partial charge in [0.2, 0.25) is 0 Å². The Morgan fingerprint density at radius 1 is 0.556 bits per heavy atom. The molecule has 0 spiro atoms. The molecule has 0 atom stereocenters. The molecular formula is C25H17NO. The molecule has 2 nitrogen and oxygen atoms in total. The molecule has 2 heteroatoms. The molecule has 0 aliphatic rings. The van der Waals surface area contributed by atoms with Gasteiger partial charge in [-0.3, -0.25) is 4.98 Å².